The van der Waals surface area contributed by atoms with Crippen LogP contribution in [0.2, 0.25) is 0 Å². The fraction of sp³-hybridized carbons (Fsp3) is 0.190. The normalized spacial score (nSPS) is 10.9. The zero-order valence-corrected chi connectivity index (χ0v) is 17.5. The number of nitrogens with two attached hydrogens (primary N) is 1. The van der Waals surface area contributed by atoms with Gasteiger partial charge in [-0.15, -0.1) is 11.8 Å². The minimum Gasteiger partial charge on any atom is -0.368 e. The van der Waals surface area contributed by atoms with Gasteiger partial charge < -0.3 is 15.6 Å². The second kappa shape index (κ2) is 8.91. The van der Waals surface area contributed by atoms with Crippen molar-refractivity contribution in [2.45, 2.75) is 25.4 Å². The van der Waals surface area contributed by atoms with E-state index >= 15 is 0 Å². The van der Waals surface area contributed by atoms with Crippen LogP contribution < -0.4 is 11.1 Å². The third-order valence-electron chi connectivity index (χ3n) is 4.24. The van der Waals surface area contributed by atoms with Gasteiger partial charge in [0.2, 0.25) is 23.6 Å². The molecule has 0 spiro atoms. The Morgan fingerprint density at radius 1 is 0.867 bits per heavy atom. The zero-order chi connectivity index (χ0) is 20.9. The first kappa shape index (κ1) is 19.8. The lowest BCUT2D eigenvalue weighted by Crippen LogP contribution is -2.06. The highest BCUT2D eigenvalue weighted by atomic mass is 32.2. The fourth-order valence-electron chi connectivity index (χ4n) is 2.69. The average molecular weight is 420 g/mol. The van der Waals surface area contributed by atoms with Gasteiger partial charge in [0.25, 0.3) is 0 Å². The van der Waals surface area contributed by atoms with Crippen molar-refractivity contribution in [1.82, 2.24) is 25.1 Å². The van der Waals surface area contributed by atoms with Crippen molar-refractivity contribution in [3.05, 3.63) is 71.4 Å². The number of aromatic nitrogens is 5. The lowest BCUT2D eigenvalue weighted by atomic mass is 10.1. The number of benzene rings is 2. The van der Waals surface area contributed by atoms with Crippen molar-refractivity contribution in [2.24, 2.45) is 0 Å². The Kier molecular flexibility index (Phi) is 5.89. The van der Waals surface area contributed by atoms with E-state index in [1.54, 1.807) is 11.8 Å². The van der Waals surface area contributed by atoms with E-state index in [9.17, 15) is 0 Å². The number of rotatable bonds is 7. The van der Waals surface area contributed by atoms with Crippen LogP contribution in [0.25, 0.3) is 11.4 Å². The molecule has 9 heteroatoms. The summed E-state index contributed by atoms with van der Waals surface area (Å²) in [5, 5.41) is 7.21. The van der Waals surface area contributed by atoms with Gasteiger partial charge in [-0.3, -0.25) is 0 Å². The number of aryl methyl sites for hydroxylation is 2. The van der Waals surface area contributed by atoms with Crippen molar-refractivity contribution in [3.8, 4) is 11.4 Å². The summed E-state index contributed by atoms with van der Waals surface area (Å²) in [4.78, 5) is 17.3. The Labute approximate surface area is 178 Å². The highest BCUT2D eigenvalue weighted by Gasteiger charge is 2.10. The van der Waals surface area contributed by atoms with Crippen LogP contribution in [0.5, 0.6) is 0 Å². The molecule has 8 nitrogen and oxygen atoms in total. The molecule has 0 saturated heterocycles. The molecule has 2 aromatic heterocycles. The molecule has 2 aromatic carbocycles. The standard InChI is InChI=1S/C21H21N7OS/c1-13-3-7-15(8-4-13)19-26-18(29-28-19)12-30-11-17-24-20(22)27-21(25-17)23-16-9-5-14(2)6-10-16/h3-10H,11-12H2,1-2H3,(H3,22,23,24,25,27). The maximum Gasteiger partial charge on any atom is 0.236 e. The molecule has 3 N–H and O–H groups in total. The number of nitrogens with zero attached hydrogens (tertiary/aromatic N) is 5. The first-order valence-corrected chi connectivity index (χ1v) is 10.5. The lowest BCUT2D eigenvalue weighted by molar-refractivity contribution is 0.391. The van der Waals surface area contributed by atoms with Crippen LogP contribution >= 0.6 is 11.8 Å². The minimum absolute atomic E-state index is 0.176. The van der Waals surface area contributed by atoms with Crippen LogP contribution in [0, 0.1) is 13.8 Å². The molecule has 0 aliphatic heterocycles. The van der Waals surface area contributed by atoms with Gasteiger partial charge in [0.1, 0.15) is 5.82 Å². The Bertz CT molecular complexity index is 1130. The summed E-state index contributed by atoms with van der Waals surface area (Å²) >= 11 is 1.56. The molecule has 2 heterocycles. The molecule has 4 aromatic rings. The molecule has 0 unspecified atom stereocenters. The van der Waals surface area contributed by atoms with Crippen molar-refractivity contribution in [1.29, 1.82) is 0 Å². The Morgan fingerprint density at radius 2 is 1.57 bits per heavy atom. The van der Waals surface area contributed by atoms with E-state index < -0.39 is 0 Å². The Balaban J connectivity index is 1.36. The van der Waals surface area contributed by atoms with Crippen LogP contribution in [0.3, 0.4) is 0 Å². The first-order chi connectivity index (χ1) is 14.5. The monoisotopic (exact) mass is 419 g/mol. The SMILES string of the molecule is Cc1ccc(Nc2nc(N)nc(CSCc3nc(-c4ccc(C)cc4)no3)n2)cc1. The third-order valence-corrected chi connectivity index (χ3v) is 5.15. The highest BCUT2D eigenvalue weighted by Crippen LogP contribution is 2.21. The van der Waals surface area contributed by atoms with Crippen LogP contribution in [0.15, 0.2) is 53.1 Å². The molecule has 0 aliphatic rings. The quantitative estimate of drug-likeness (QED) is 0.452. The molecular formula is C21H21N7OS. The number of nitrogen functional groups attached to an aromatic ring is 1. The largest absolute Gasteiger partial charge is 0.368 e. The highest BCUT2D eigenvalue weighted by molar-refractivity contribution is 7.97. The van der Waals surface area contributed by atoms with Gasteiger partial charge in [-0.25, -0.2) is 0 Å². The summed E-state index contributed by atoms with van der Waals surface area (Å²) in [6.07, 6.45) is 0. The molecule has 0 fully saturated rings. The average Bonchev–Trinajstić information content (AvgIpc) is 3.19. The van der Waals surface area contributed by atoms with Crippen LogP contribution in [0.4, 0.5) is 17.6 Å². The van der Waals surface area contributed by atoms with Crippen molar-refractivity contribution >= 4 is 29.3 Å². The smallest absolute Gasteiger partial charge is 0.236 e. The molecule has 4 rings (SSSR count). The molecular weight excluding hydrogens is 398 g/mol. The van der Waals surface area contributed by atoms with Gasteiger partial charge in [-0.1, -0.05) is 52.7 Å². The van der Waals surface area contributed by atoms with E-state index in [0.29, 0.717) is 35.0 Å². The predicted octanol–water partition coefficient (Wildman–Crippen LogP) is 4.30. The summed E-state index contributed by atoms with van der Waals surface area (Å²) in [5.74, 6) is 3.40. The number of hydrogen-bond acceptors (Lipinski definition) is 9. The van der Waals surface area contributed by atoms with Crippen molar-refractivity contribution in [3.63, 3.8) is 0 Å². The Hall–Kier alpha value is -3.46. The van der Waals surface area contributed by atoms with E-state index in [1.165, 1.54) is 11.1 Å². The molecule has 0 bridgehead atoms. The maximum atomic E-state index is 5.85. The molecule has 0 radical (unpaired) electrons. The molecule has 152 valence electrons. The second-order valence-electron chi connectivity index (χ2n) is 6.80. The van der Waals surface area contributed by atoms with Gasteiger partial charge in [0.05, 0.1) is 11.5 Å². The van der Waals surface area contributed by atoms with E-state index in [1.807, 2.05) is 62.4 Å². The topological polar surface area (TPSA) is 116 Å². The predicted molar refractivity (Wildman–Crippen MR) is 118 cm³/mol. The maximum absolute atomic E-state index is 5.85. The van der Waals surface area contributed by atoms with Crippen molar-refractivity contribution in [2.75, 3.05) is 11.1 Å². The second-order valence-corrected chi connectivity index (χ2v) is 7.78. The summed E-state index contributed by atoms with van der Waals surface area (Å²) in [6, 6.07) is 16.0. The summed E-state index contributed by atoms with van der Waals surface area (Å²) in [7, 11) is 0. The third kappa shape index (κ3) is 5.12. The van der Waals surface area contributed by atoms with Gasteiger partial charge in [0.15, 0.2) is 0 Å². The molecule has 0 aliphatic carbocycles. The lowest BCUT2D eigenvalue weighted by Gasteiger charge is -2.07. The molecule has 0 amide bonds. The molecule has 0 atom stereocenters. The van der Waals surface area contributed by atoms with E-state index in [2.05, 4.69) is 30.4 Å². The first-order valence-electron chi connectivity index (χ1n) is 9.37. The summed E-state index contributed by atoms with van der Waals surface area (Å²) in [5.41, 5.74) is 10.0. The zero-order valence-electron chi connectivity index (χ0n) is 16.7. The van der Waals surface area contributed by atoms with E-state index in [4.69, 9.17) is 10.3 Å². The number of nitrogens with one attached hydrogen (secondary N) is 1. The van der Waals surface area contributed by atoms with Crippen LogP contribution in [-0.2, 0) is 11.5 Å². The number of anilines is 3. The van der Waals surface area contributed by atoms with E-state index in [-0.39, 0.29) is 5.95 Å². The molecule has 0 saturated carbocycles. The van der Waals surface area contributed by atoms with Crippen LogP contribution in [0.1, 0.15) is 22.8 Å². The van der Waals surface area contributed by atoms with Gasteiger partial charge in [0, 0.05) is 11.3 Å². The fourth-order valence-corrected chi connectivity index (χ4v) is 3.39. The van der Waals surface area contributed by atoms with Crippen LogP contribution in [-0.4, -0.2) is 25.1 Å². The Morgan fingerprint density at radius 3 is 2.30 bits per heavy atom. The number of hydrogen-bond donors (Lipinski definition) is 2. The van der Waals surface area contributed by atoms with E-state index in [0.717, 1.165) is 11.3 Å². The van der Waals surface area contributed by atoms with Gasteiger partial charge in [-0.05, 0) is 26.0 Å². The van der Waals surface area contributed by atoms with Crippen molar-refractivity contribution < 1.29 is 4.52 Å². The summed E-state index contributed by atoms with van der Waals surface area (Å²) < 4.78 is 5.35. The summed E-state index contributed by atoms with van der Waals surface area (Å²) in [6.45, 7) is 4.07. The number of thioether (sulfide) groups is 1. The van der Waals surface area contributed by atoms with Gasteiger partial charge in [-0.2, -0.15) is 19.9 Å². The minimum atomic E-state index is 0.176. The van der Waals surface area contributed by atoms with Gasteiger partial charge >= 0.3 is 0 Å². The molecule has 30 heavy (non-hydrogen) atoms.